The Kier molecular flexibility index (Phi) is 1.96. The van der Waals surface area contributed by atoms with Crippen LogP contribution in [0, 0.1) is 0 Å². The second-order valence-corrected chi connectivity index (χ2v) is 4.26. The third-order valence-electron chi connectivity index (χ3n) is 3.01. The Labute approximate surface area is 94.1 Å². The van der Waals surface area contributed by atoms with E-state index in [4.69, 9.17) is 5.73 Å². The van der Waals surface area contributed by atoms with E-state index in [1.165, 1.54) is 12.8 Å². The van der Waals surface area contributed by atoms with Gasteiger partial charge in [-0.3, -0.25) is 0 Å². The topological polar surface area (TPSA) is 55.0 Å². The van der Waals surface area contributed by atoms with Crippen LogP contribution in [-0.4, -0.2) is 23.1 Å². The van der Waals surface area contributed by atoms with Crippen LogP contribution in [0.2, 0.25) is 0 Å². The number of nitrogens with two attached hydrogens (primary N) is 1. The SMILES string of the molecule is CN(c1nc2ccccc2nc1N)C1CC1. The van der Waals surface area contributed by atoms with E-state index in [1.54, 1.807) is 0 Å². The van der Waals surface area contributed by atoms with Crippen molar-refractivity contribution < 1.29 is 0 Å². The Hall–Kier alpha value is -1.84. The molecule has 1 saturated carbocycles. The summed E-state index contributed by atoms with van der Waals surface area (Å²) in [7, 11) is 2.03. The predicted octanol–water partition coefficient (Wildman–Crippen LogP) is 1.81. The molecule has 0 bridgehead atoms. The van der Waals surface area contributed by atoms with Crippen molar-refractivity contribution in [2.24, 2.45) is 0 Å². The Balaban J connectivity index is 2.13. The number of nitrogens with zero attached hydrogens (tertiary/aromatic N) is 3. The Morgan fingerprint density at radius 3 is 2.44 bits per heavy atom. The molecule has 1 aliphatic carbocycles. The Morgan fingerprint density at radius 2 is 1.81 bits per heavy atom. The molecule has 0 amide bonds. The van der Waals surface area contributed by atoms with Crippen LogP contribution in [0.15, 0.2) is 24.3 Å². The second-order valence-electron chi connectivity index (χ2n) is 4.26. The first-order valence-electron chi connectivity index (χ1n) is 5.51. The molecule has 2 N–H and O–H groups in total. The Morgan fingerprint density at radius 1 is 1.19 bits per heavy atom. The van der Waals surface area contributed by atoms with Crippen LogP contribution >= 0.6 is 0 Å². The van der Waals surface area contributed by atoms with Gasteiger partial charge >= 0.3 is 0 Å². The van der Waals surface area contributed by atoms with Crippen LogP contribution in [0.5, 0.6) is 0 Å². The molecule has 4 heteroatoms. The van der Waals surface area contributed by atoms with Crippen LogP contribution in [0.4, 0.5) is 11.6 Å². The molecule has 3 rings (SSSR count). The zero-order chi connectivity index (χ0) is 11.1. The first-order chi connectivity index (χ1) is 7.75. The van der Waals surface area contributed by atoms with E-state index >= 15 is 0 Å². The van der Waals surface area contributed by atoms with Crippen molar-refractivity contribution in [2.45, 2.75) is 18.9 Å². The highest BCUT2D eigenvalue weighted by atomic mass is 15.2. The maximum atomic E-state index is 5.94. The van der Waals surface area contributed by atoms with Crippen LogP contribution in [-0.2, 0) is 0 Å². The molecular weight excluding hydrogens is 200 g/mol. The molecule has 82 valence electrons. The van der Waals surface area contributed by atoms with Gasteiger partial charge in [0.05, 0.1) is 11.0 Å². The molecule has 1 aromatic heterocycles. The number of para-hydroxylation sites is 2. The summed E-state index contributed by atoms with van der Waals surface area (Å²) < 4.78 is 0. The zero-order valence-corrected chi connectivity index (χ0v) is 9.22. The summed E-state index contributed by atoms with van der Waals surface area (Å²) in [6.45, 7) is 0. The maximum absolute atomic E-state index is 5.94. The lowest BCUT2D eigenvalue weighted by molar-refractivity contribution is 0.894. The van der Waals surface area contributed by atoms with E-state index in [2.05, 4.69) is 14.9 Å². The highest BCUT2D eigenvalue weighted by Crippen LogP contribution is 2.32. The first kappa shape index (κ1) is 9.39. The first-order valence-corrected chi connectivity index (χ1v) is 5.51. The van der Waals surface area contributed by atoms with Crippen LogP contribution in [0.3, 0.4) is 0 Å². The van der Waals surface area contributed by atoms with Crippen molar-refractivity contribution in [2.75, 3.05) is 17.7 Å². The largest absolute Gasteiger partial charge is 0.381 e. The Bertz CT molecular complexity index is 534. The lowest BCUT2D eigenvalue weighted by atomic mass is 10.3. The van der Waals surface area contributed by atoms with E-state index in [-0.39, 0.29) is 0 Å². The quantitative estimate of drug-likeness (QED) is 0.828. The summed E-state index contributed by atoms with van der Waals surface area (Å²) in [5.41, 5.74) is 7.69. The number of benzene rings is 1. The fraction of sp³-hybridized carbons (Fsp3) is 0.333. The molecule has 0 aliphatic heterocycles. The van der Waals surface area contributed by atoms with Crippen molar-refractivity contribution in [3.8, 4) is 0 Å². The van der Waals surface area contributed by atoms with E-state index < -0.39 is 0 Å². The number of hydrogen-bond donors (Lipinski definition) is 1. The van der Waals surface area contributed by atoms with Crippen LogP contribution in [0.1, 0.15) is 12.8 Å². The highest BCUT2D eigenvalue weighted by molar-refractivity contribution is 5.79. The van der Waals surface area contributed by atoms with E-state index in [0.717, 1.165) is 16.9 Å². The molecule has 1 heterocycles. The molecule has 1 aromatic carbocycles. The molecule has 2 aromatic rings. The van der Waals surface area contributed by atoms with Gasteiger partial charge in [0.1, 0.15) is 0 Å². The van der Waals surface area contributed by atoms with Gasteiger partial charge in [-0.05, 0) is 25.0 Å². The van der Waals surface area contributed by atoms with Crippen molar-refractivity contribution in [3.63, 3.8) is 0 Å². The van der Waals surface area contributed by atoms with Gasteiger partial charge < -0.3 is 10.6 Å². The third kappa shape index (κ3) is 1.46. The minimum atomic E-state index is 0.521. The monoisotopic (exact) mass is 214 g/mol. The van der Waals surface area contributed by atoms with Gasteiger partial charge in [-0.25, -0.2) is 9.97 Å². The number of anilines is 2. The molecule has 0 unspecified atom stereocenters. The molecule has 1 fully saturated rings. The molecule has 4 nitrogen and oxygen atoms in total. The number of hydrogen-bond acceptors (Lipinski definition) is 4. The summed E-state index contributed by atoms with van der Waals surface area (Å²) in [5.74, 6) is 1.33. The molecule has 16 heavy (non-hydrogen) atoms. The second kappa shape index (κ2) is 3.33. The van der Waals surface area contributed by atoms with E-state index in [0.29, 0.717) is 11.9 Å². The summed E-state index contributed by atoms with van der Waals surface area (Å²) in [6, 6.07) is 8.40. The third-order valence-corrected chi connectivity index (χ3v) is 3.01. The van der Waals surface area contributed by atoms with Gasteiger partial charge in [0.25, 0.3) is 0 Å². The van der Waals surface area contributed by atoms with Crippen molar-refractivity contribution >= 4 is 22.7 Å². The average molecular weight is 214 g/mol. The van der Waals surface area contributed by atoms with Gasteiger partial charge in [0.15, 0.2) is 11.6 Å². The fourth-order valence-electron chi connectivity index (χ4n) is 1.90. The summed E-state index contributed by atoms with van der Waals surface area (Å²) >= 11 is 0. The smallest absolute Gasteiger partial charge is 0.172 e. The van der Waals surface area contributed by atoms with Crippen LogP contribution in [0.25, 0.3) is 11.0 Å². The van der Waals surface area contributed by atoms with Crippen molar-refractivity contribution in [3.05, 3.63) is 24.3 Å². The fourth-order valence-corrected chi connectivity index (χ4v) is 1.90. The van der Waals surface area contributed by atoms with Crippen molar-refractivity contribution in [1.82, 2.24) is 9.97 Å². The van der Waals surface area contributed by atoms with Gasteiger partial charge in [-0.2, -0.15) is 0 Å². The standard InChI is InChI=1S/C12H14N4/c1-16(8-6-7-8)12-11(13)14-9-4-2-3-5-10(9)15-12/h2-5,8H,6-7H2,1H3,(H2,13,14). The van der Waals surface area contributed by atoms with Gasteiger partial charge in [-0.15, -0.1) is 0 Å². The summed E-state index contributed by atoms with van der Waals surface area (Å²) in [6.07, 6.45) is 2.45. The lowest BCUT2D eigenvalue weighted by Gasteiger charge is -2.18. The van der Waals surface area contributed by atoms with Crippen LogP contribution < -0.4 is 10.6 Å². The van der Waals surface area contributed by atoms with Gasteiger partial charge in [0.2, 0.25) is 0 Å². The number of aromatic nitrogens is 2. The minimum absolute atomic E-state index is 0.521. The molecule has 1 aliphatic rings. The lowest BCUT2D eigenvalue weighted by Crippen LogP contribution is -2.22. The number of fused-ring (bicyclic) bond motifs is 1. The molecule has 0 saturated heterocycles. The molecule has 0 spiro atoms. The highest BCUT2D eigenvalue weighted by Gasteiger charge is 2.28. The summed E-state index contributed by atoms with van der Waals surface area (Å²) in [5, 5.41) is 0. The molecule has 0 radical (unpaired) electrons. The van der Waals surface area contributed by atoms with Gasteiger partial charge in [0, 0.05) is 13.1 Å². The summed E-state index contributed by atoms with van der Waals surface area (Å²) in [4.78, 5) is 11.1. The predicted molar refractivity (Wildman–Crippen MR) is 65.4 cm³/mol. The minimum Gasteiger partial charge on any atom is -0.381 e. The molecule has 0 atom stereocenters. The van der Waals surface area contributed by atoms with Crippen molar-refractivity contribution in [1.29, 1.82) is 0 Å². The van der Waals surface area contributed by atoms with E-state index in [1.807, 2.05) is 31.3 Å². The number of rotatable bonds is 2. The van der Waals surface area contributed by atoms with E-state index in [9.17, 15) is 0 Å². The number of nitrogen functional groups attached to an aromatic ring is 1. The zero-order valence-electron chi connectivity index (χ0n) is 9.22. The van der Waals surface area contributed by atoms with Gasteiger partial charge in [-0.1, -0.05) is 12.1 Å². The molecular formula is C12H14N4. The average Bonchev–Trinajstić information content (AvgIpc) is 3.11. The normalized spacial score (nSPS) is 15.3. The maximum Gasteiger partial charge on any atom is 0.172 e.